The summed E-state index contributed by atoms with van der Waals surface area (Å²) in [5.74, 6) is 0.467. The first-order valence-electron chi connectivity index (χ1n) is 5.98. The van der Waals surface area contributed by atoms with Gasteiger partial charge in [0.05, 0.1) is 12.0 Å². The highest BCUT2D eigenvalue weighted by Gasteiger charge is 2.24. The summed E-state index contributed by atoms with van der Waals surface area (Å²) in [7, 11) is 1.63. The quantitative estimate of drug-likeness (QED) is 0.861. The topological polar surface area (TPSA) is 55.4 Å². The first-order chi connectivity index (χ1) is 9.65. The molecule has 1 N–H and O–H groups in total. The largest absolute Gasteiger partial charge is 0.497 e. The summed E-state index contributed by atoms with van der Waals surface area (Å²) in [6, 6.07) is 11.6. The van der Waals surface area contributed by atoms with Crippen molar-refractivity contribution >= 4 is 39.8 Å². The Balaban J connectivity index is 1.99. The Morgan fingerprint density at radius 2 is 1.85 bits per heavy atom. The van der Waals surface area contributed by atoms with Gasteiger partial charge in [-0.3, -0.25) is 14.9 Å². The molecule has 0 spiro atoms. The Labute approximate surface area is 119 Å². The summed E-state index contributed by atoms with van der Waals surface area (Å²) in [6.45, 7) is 0. The zero-order valence-corrected chi connectivity index (χ0v) is 11.5. The SMILES string of the molecule is COc1ccc2cc(/C=C3\SC(=O)NC3=O)ccc2c1. The fourth-order valence-corrected chi connectivity index (χ4v) is 2.71. The minimum Gasteiger partial charge on any atom is -0.497 e. The Morgan fingerprint density at radius 1 is 1.10 bits per heavy atom. The maximum Gasteiger partial charge on any atom is 0.290 e. The number of methoxy groups -OCH3 is 1. The molecule has 5 heteroatoms. The number of hydrogen-bond acceptors (Lipinski definition) is 4. The molecule has 1 saturated heterocycles. The van der Waals surface area contributed by atoms with Crippen molar-refractivity contribution in [1.29, 1.82) is 0 Å². The first kappa shape index (κ1) is 12.7. The maximum absolute atomic E-state index is 11.5. The number of hydrogen-bond donors (Lipinski definition) is 1. The van der Waals surface area contributed by atoms with E-state index >= 15 is 0 Å². The van der Waals surface area contributed by atoms with Gasteiger partial charge in [-0.15, -0.1) is 0 Å². The van der Waals surface area contributed by atoms with Gasteiger partial charge in [0.2, 0.25) is 0 Å². The zero-order valence-electron chi connectivity index (χ0n) is 10.7. The van der Waals surface area contributed by atoms with E-state index < -0.39 is 0 Å². The smallest absolute Gasteiger partial charge is 0.290 e. The van der Waals surface area contributed by atoms with Crippen LogP contribution in [0.5, 0.6) is 5.75 Å². The van der Waals surface area contributed by atoms with Gasteiger partial charge in [0.15, 0.2) is 0 Å². The molecular formula is C15H11NO3S. The molecule has 0 aromatic heterocycles. The predicted octanol–water partition coefficient (Wildman–Crippen LogP) is 3.17. The fourth-order valence-electron chi connectivity index (χ4n) is 2.03. The molecule has 20 heavy (non-hydrogen) atoms. The molecular weight excluding hydrogens is 274 g/mol. The number of carbonyl (C=O) groups is 2. The van der Waals surface area contributed by atoms with Crippen molar-refractivity contribution in [2.45, 2.75) is 0 Å². The summed E-state index contributed by atoms with van der Waals surface area (Å²) in [4.78, 5) is 23.0. The lowest BCUT2D eigenvalue weighted by Crippen LogP contribution is -2.17. The van der Waals surface area contributed by atoms with Gasteiger partial charge in [-0.1, -0.05) is 18.2 Å². The number of nitrogens with one attached hydrogen (secondary N) is 1. The van der Waals surface area contributed by atoms with E-state index in [0.717, 1.165) is 33.8 Å². The first-order valence-corrected chi connectivity index (χ1v) is 6.80. The number of amides is 2. The Bertz CT molecular complexity index is 752. The molecule has 1 heterocycles. The molecule has 0 radical (unpaired) electrons. The lowest BCUT2D eigenvalue weighted by atomic mass is 10.1. The molecule has 2 amide bonds. The number of ether oxygens (including phenoxy) is 1. The standard InChI is InChI=1S/C15H11NO3S/c1-19-12-5-4-10-6-9(2-3-11(10)8-12)7-13-14(17)16-15(18)20-13/h2-8H,1H3,(H,16,17,18)/b13-7-. The van der Waals surface area contributed by atoms with Gasteiger partial charge in [0.25, 0.3) is 11.1 Å². The van der Waals surface area contributed by atoms with Crippen LogP contribution in [0.4, 0.5) is 4.79 Å². The predicted molar refractivity (Wildman–Crippen MR) is 79.6 cm³/mol. The molecule has 0 unspecified atom stereocenters. The van der Waals surface area contributed by atoms with Crippen LogP contribution in [-0.4, -0.2) is 18.3 Å². The van der Waals surface area contributed by atoms with Crippen LogP contribution in [0.25, 0.3) is 16.8 Å². The second kappa shape index (κ2) is 5.02. The molecule has 0 saturated carbocycles. The number of thioether (sulfide) groups is 1. The number of carbonyl (C=O) groups excluding carboxylic acids is 2. The number of rotatable bonds is 2. The maximum atomic E-state index is 11.5. The lowest BCUT2D eigenvalue weighted by molar-refractivity contribution is -0.115. The van der Waals surface area contributed by atoms with Gasteiger partial charge in [-0.2, -0.15) is 0 Å². The number of benzene rings is 2. The van der Waals surface area contributed by atoms with Gasteiger partial charge in [0, 0.05) is 0 Å². The van der Waals surface area contributed by atoms with E-state index in [1.165, 1.54) is 0 Å². The fraction of sp³-hybridized carbons (Fsp3) is 0.0667. The molecule has 1 fully saturated rings. The van der Waals surface area contributed by atoms with E-state index in [-0.39, 0.29) is 11.1 Å². The number of fused-ring (bicyclic) bond motifs is 1. The van der Waals surface area contributed by atoms with E-state index in [1.807, 2.05) is 36.4 Å². The second-order valence-electron chi connectivity index (χ2n) is 4.32. The monoisotopic (exact) mass is 285 g/mol. The average Bonchev–Trinajstić information content (AvgIpc) is 2.76. The van der Waals surface area contributed by atoms with Crippen LogP contribution < -0.4 is 10.1 Å². The van der Waals surface area contributed by atoms with Crippen LogP contribution in [0.1, 0.15) is 5.56 Å². The van der Waals surface area contributed by atoms with E-state index in [0.29, 0.717) is 4.91 Å². The lowest BCUT2D eigenvalue weighted by Gasteiger charge is -2.03. The molecule has 4 nitrogen and oxygen atoms in total. The van der Waals surface area contributed by atoms with Crippen molar-refractivity contribution < 1.29 is 14.3 Å². The molecule has 1 aliphatic rings. The average molecular weight is 285 g/mol. The van der Waals surface area contributed by atoms with Crippen molar-refractivity contribution in [3.05, 3.63) is 46.9 Å². The molecule has 2 aromatic carbocycles. The van der Waals surface area contributed by atoms with Gasteiger partial charge in [-0.05, 0) is 52.4 Å². The van der Waals surface area contributed by atoms with Gasteiger partial charge in [-0.25, -0.2) is 0 Å². The van der Waals surface area contributed by atoms with E-state index in [1.54, 1.807) is 13.2 Å². The third kappa shape index (κ3) is 2.40. The highest BCUT2D eigenvalue weighted by Crippen LogP contribution is 2.27. The molecule has 3 rings (SSSR count). The minimum absolute atomic E-state index is 0.327. The van der Waals surface area contributed by atoms with Crippen LogP contribution >= 0.6 is 11.8 Å². The van der Waals surface area contributed by atoms with E-state index in [4.69, 9.17) is 4.74 Å². The van der Waals surface area contributed by atoms with Crippen molar-refractivity contribution in [3.8, 4) is 5.75 Å². The minimum atomic E-state index is -0.338. The highest BCUT2D eigenvalue weighted by molar-refractivity contribution is 8.18. The van der Waals surface area contributed by atoms with Gasteiger partial charge >= 0.3 is 0 Å². The molecule has 0 atom stereocenters. The van der Waals surface area contributed by atoms with E-state index in [9.17, 15) is 9.59 Å². The Morgan fingerprint density at radius 3 is 2.55 bits per heavy atom. The summed E-state index contributed by atoms with van der Waals surface area (Å²) >= 11 is 0.921. The Hall–Kier alpha value is -2.27. The van der Waals surface area contributed by atoms with Crippen LogP contribution in [-0.2, 0) is 4.79 Å². The molecule has 0 aliphatic carbocycles. The highest BCUT2D eigenvalue weighted by atomic mass is 32.2. The normalized spacial score (nSPS) is 16.8. The summed E-state index contributed by atoms with van der Waals surface area (Å²) in [5, 5.41) is 4.02. The molecule has 1 aliphatic heterocycles. The zero-order chi connectivity index (χ0) is 14.1. The molecule has 2 aromatic rings. The molecule has 0 bridgehead atoms. The van der Waals surface area contributed by atoms with Crippen molar-refractivity contribution in [2.24, 2.45) is 0 Å². The molecule has 100 valence electrons. The van der Waals surface area contributed by atoms with Gasteiger partial charge < -0.3 is 4.74 Å². The summed E-state index contributed by atoms with van der Waals surface area (Å²) in [5.41, 5.74) is 0.884. The third-order valence-electron chi connectivity index (χ3n) is 3.01. The Kier molecular flexibility index (Phi) is 3.20. The van der Waals surface area contributed by atoms with Gasteiger partial charge in [0.1, 0.15) is 5.75 Å². The third-order valence-corrected chi connectivity index (χ3v) is 3.82. The van der Waals surface area contributed by atoms with E-state index in [2.05, 4.69) is 5.32 Å². The number of imide groups is 1. The van der Waals surface area contributed by atoms with Crippen LogP contribution in [0, 0.1) is 0 Å². The van der Waals surface area contributed by atoms with Crippen LogP contribution in [0.2, 0.25) is 0 Å². The van der Waals surface area contributed by atoms with Crippen LogP contribution in [0.3, 0.4) is 0 Å². The van der Waals surface area contributed by atoms with Crippen molar-refractivity contribution in [1.82, 2.24) is 5.32 Å². The summed E-state index contributed by atoms with van der Waals surface area (Å²) in [6.07, 6.45) is 1.72. The van der Waals surface area contributed by atoms with Crippen molar-refractivity contribution in [3.63, 3.8) is 0 Å². The van der Waals surface area contributed by atoms with Crippen molar-refractivity contribution in [2.75, 3.05) is 7.11 Å². The second-order valence-corrected chi connectivity index (χ2v) is 5.34. The summed E-state index contributed by atoms with van der Waals surface area (Å²) < 4.78 is 5.18. The van der Waals surface area contributed by atoms with Crippen LogP contribution in [0.15, 0.2) is 41.3 Å².